The molecule has 4 aromatic rings. The lowest BCUT2D eigenvalue weighted by molar-refractivity contribution is 0.295. The first kappa shape index (κ1) is 26.1. The third-order valence-corrected chi connectivity index (χ3v) is 6.01. The molecule has 1 heterocycles. The molecule has 0 amide bonds. The van der Waals surface area contributed by atoms with Gasteiger partial charge in [-0.2, -0.15) is 0 Å². The van der Waals surface area contributed by atoms with Crippen molar-refractivity contribution in [3.05, 3.63) is 100 Å². The number of ether oxygens (including phenoxy) is 1. The highest BCUT2D eigenvalue weighted by atomic mass is 19.2. The summed E-state index contributed by atoms with van der Waals surface area (Å²) in [6, 6.07) is 8.57. The van der Waals surface area contributed by atoms with Gasteiger partial charge in [-0.1, -0.05) is 43.7 Å². The quantitative estimate of drug-likeness (QED) is 0.129. The molecule has 1 aromatic heterocycles. The van der Waals surface area contributed by atoms with E-state index in [1.807, 2.05) is 6.92 Å². The summed E-state index contributed by atoms with van der Waals surface area (Å²) in [7, 11) is 0. The third kappa shape index (κ3) is 5.01. The van der Waals surface area contributed by atoms with Crippen molar-refractivity contribution in [1.29, 1.82) is 0 Å². The lowest BCUT2D eigenvalue weighted by Gasteiger charge is -2.12. The van der Waals surface area contributed by atoms with Crippen molar-refractivity contribution in [1.82, 2.24) is 0 Å². The maximum atomic E-state index is 15.1. The van der Waals surface area contributed by atoms with Crippen LogP contribution in [0.4, 0.5) is 22.0 Å². The second-order valence-corrected chi connectivity index (χ2v) is 8.46. The molecule has 4 rings (SSSR count). The van der Waals surface area contributed by atoms with Crippen LogP contribution in [0.15, 0.2) is 64.3 Å². The molecular weight excluding hydrogens is 491 g/mol. The van der Waals surface area contributed by atoms with Crippen LogP contribution in [0.5, 0.6) is 5.75 Å². The molecule has 3 nitrogen and oxygen atoms in total. The summed E-state index contributed by atoms with van der Waals surface area (Å²) >= 11 is 0. The van der Waals surface area contributed by atoms with Gasteiger partial charge < -0.3 is 9.15 Å². The molecule has 0 saturated carbocycles. The van der Waals surface area contributed by atoms with Crippen LogP contribution in [0.1, 0.15) is 31.7 Å². The number of rotatable bonds is 9. The average Bonchev–Trinajstić information content (AvgIpc) is 2.88. The Morgan fingerprint density at radius 3 is 2.22 bits per heavy atom. The molecule has 0 atom stereocenters. The van der Waals surface area contributed by atoms with Crippen molar-refractivity contribution >= 4 is 10.8 Å². The van der Waals surface area contributed by atoms with Gasteiger partial charge in [0.15, 0.2) is 34.8 Å². The minimum Gasteiger partial charge on any atom is -0.490 e. The van der Waals surface area contributed by atoms with Crippen molar-refractivity contribution in [3.8, 4) is 28.2 Å². The van der Waals surface area contributed by atoms with E-state index in [1.54, 1.807) is 6.08 Å². The lowest BCUT2D eigenvalue weighted by Crippen LogP contribution is -2.06. The Morgan fingerprint density at radius 1 is 0.865 bits per heavy atom. The first-order valence-corrected chi connectivity index (χ1v) is 11.7. The minimum absolute atomic E-state index is 0.0859. The average molecular weight is 514 g/mol. The van der Waals surface area contributed by atoms with E-state index in [0.717, 1.165) is 18.6 Å². The van der Waals surface area contributed by atoms with Crippen molar-refractivity contribution < 1.29 is 31.1 Å². The monoisotopic (exact) mass is 514 g/mol. The van der Waals surface area contributed by atoms with Gasteiger partial charge in [-0.15, -0.1) is 6.58 Å². The molecule has 0 fully saturated rings. The maximum Gasteiger partial charge on any atom is 0.347 e. The zero-order valence-electron chi connectivity index (χ0n) is 20.0. The van der Waals surface area contributed by atoms with Gasteiger partial charge in [0.2, 0.25) is 0 Å². The van der Waals surface area contributed by atoms with E-state index < -0.39 is 51.4 Å². The summed E-state index contributed by atoms with van der Waals surface area (Å²) in [6.07, 6.45) is 3.71. The second-order valence-electron chi connectivity index (χ2n) is 8.46. The summed E-state index contributed by atoms with van der Waals surface area (Å²) in [5, 5.41) is -0.289. The standard InChI is InChI=1S/C29H23F5O3/c1-3-5-7-16-8-10-18(25(31)24(16)30)19-11-12-20(27(33)26(19)32)22-15-17-9-13-21(36-14-6-4-2)28(34)23(17)29(35)37-22/h3,8-13,15H,1,4-7,14H2,2H3. The highest BCUT2D eigenvalue weighted by molar-refractivity contribution is 5.86. The Labute approximate surface area is 209 Å². The first-order valence-electron chi connectivity index (χ1n) is 11.7. The van der Waals surface area contributed by atoms with E-state index >= 15 is 8.78 Å². The molecule has 8 heteroatoms. The highest BCUT2D eigenvalue weighted by Crippen LogP contribution is 2.35. The zero-order chi connectivity index (χ0) is 26.7. The molecule has 0 aliphatic carbocycles. The Balaban J connectivity index is 1.74. The molecular formula is C29H23F5O3. The molecule has 0 saturated heterocycles. The molecule has 0 spiro atoms. The first-order chi connectivity index (χ1) is 17.8. The normalized spacial score (nSPS) is 11.2. The van der Waals surface area contributed by atoms with Gasteiger partial charge in [0, 0.05) is 11.1 Å². The lowest BCUT2D eigenvalue weighted by atomic mass is 9.98. The van der Waals surface area contributed by atoms with Gasteiger partial charge in [0.25, 0.3) is 0 Å². The molecule has 0 bridgehead atoms. The number of hydrogen-bond donors (Lipinski definition) is 0. The molecule has 0 aliphatic heterocycles. The van der Waals surface area contributed by atoms with E-state index in [0.29, 0.717) is 12.8 Å². The molecule has 37 heavy (non-hydrogen) atoms. The van der Waals surface area contributed by atoms with Gasteiger partial charge in [0.1, 0.15) is 11.1 Å². The Morgan fingerprint density at radius 2 is 1.51 bits per heavy atom. The molecule has 0 radical (unpaired) electrons. The number of fused-ring (bicyclic) bond motifs is 1. The van der Waals surface area contributed by atoms with Crippen LogP contribution in [-0.4, -0.2) is 6.61 Å². The Hall–Kier alpha value is -3.94. The Kier molecular flexibility index (Phi) is 7.76. The van der Waals surface area contributed by atoms with Crippen LogP contribution in [-0.2, 0) is 6.42 Å². The summed E-state index contributed by atoms with van der Waals surface area (Å²) < 4.78 is 84.7. The van der Waals surface area contributed by atoms with Crippen LogP contribution < -0.4 is 10.4 Å². The van der Waals surface area contributed by atoms with Crippen molar-refractivity contribution in [2.45, 2.75) is 32.6 Å². The van der Waals surface area contributed by atoms with Gasteiger partial charge in [-0.3, -0.25) is 0 Å². The smallest absolute Gasteiger partial charge is 0.347 e. The van der Waals surface area contributed by atoms with Crippen LogP contribution >= 0.6 is 0 Å². The summed E-state index contributed by atoms with van der Waals surface area (Å²) in [5.41, 5.74) is -2.41. The van der Waals surface area contributed by atoms with Gasteiger partial charge in [-0.05, 0) is 48.4 Å². The second kappa shape index (κ2) is 11.0. The number of benzene rings is 3. The summed E-state index contributed by atoms with van der Waals surface area (Å²) in [5.74, 6) is -6.73. The summed E-state index contributed by atoms with van der Waals surface area (Å²) in [6.45, 7) is 5.74. The maximum absolute atomic E-state index is 15.1. The largest absolute Gasteiger partial charge is 0.490 e. The van der Waals surface area contributed by atoms with Crippen LogP contribution in [0, 0.1) is 29.1 Å². The number of halogens is 5. The summed E-state index contributed by atoms with van der Waals surface area (Å²) in [4.78, 5) is 12.6. The zero-order valence-corrected chi connectivity index (χ0v) is 20.0. The van der Waals surface area contributed by atoms with Crippen LogP contribution in [0.3, 0.4) is 0 Å². The van der Waals surface area contributed by atoms with E-state index in [-0.39, 0.29) is 40.9 Å². The van der Waals surface area contributed by atoms with E-state index in [9.17, 15) is 18.0 Å². The van der Waals surface area contributed by atoms with Gasteiger partial charge in [0.05, 0.1) is 12.2 Å². The van der Waals surface area contributed by atoms with Crippen LogP contribution in [0.2, 0.25) is 0 Å². The molecule has 0 aliphatic rings. The molecule has 3 aromatic carbocycles. The van der Waals surface area contributed by atoms with E-state index in [4.69, 9.17) is 9.15 Å². The number of hydrogen-bond acceptors (Lipinski definition) is 3. The van der Waals surface area contributed by atoms with Crippen molar-refractivity contribution in [2.75, 3.05) is 6.61 Å². The molecule has 192 valence electrons. The van der Waals surface area contributed by atoms with Crippen LogP contribution in [0.25, 0.3) is 33.2 Å². The van der Waals surface area contributed by atoms with Gasteiger partial charge >= 0.3 is 5.63 Å². The number of allylic oxidation sites excluding steroid dienone is 1. The van der Waals surface area contributed by atoms with Crippen molar-refractivity contribution in [3.63, 3.8) is 0 Å². The Bertz CT molecular complexity index is 1540. The fourth-order valence-corrected chi connectivity index (χ4v) is 3.99. The third-order valence-electron chi connectivity index (χ3n) is 6.01. The topological polar surface area (TPSA) is 39.4 Å². The van der Waals surface area contributed by atoms with Crippen molar-refractivity contribution in [2.24, 2.45) is 0 Å². The predicted octanol–water partition coefficient (Wildman–Crippen LogP) is 8.12. The SMILES string of the molecule is C=CCCc1ccc(-c2ccc(-c3cc4ccc(OCCCC)c(F)c4c(=O)o3)c(F)c2F)c(F)c1F. The minimum atomic E-state index is -1.46. The number of unbranched alkanes of at least 4 members (excludes halogenated alkanes) is 1. The highest BCUT2D eigenvalue weighted by Gasteiger charge is 2.23. The molecule has 0 unspecified atom stereocenters. The van der Waals surface area contributed by atoms with Gasteiger partial charge in [-0.25, -0.2) is 26.7 Å². The number of aryl methyl sites for hydroxylation is 1. The predicted molar refractivity (Wildman–Crippen MR) is 132 cm³/mol. The molecule has 0 N–H and O–H groups in total. The van der Waals surface area contributed by atoms with E-state index in [2.05, 4.69) is 6.58 Å². The fourth-order valence-electron chi connectivity index (χ4n) is 3.99. The van der Waals surface area contributed by atoms with E-state index in [1.165, 1.54) is 30.3 Å². The fraction of sp³-hybridized carbons (Fsp3) is 0.207.